The molecule has 0 unspecified atom stereocenters. The lowest BCUT2D eigenvalue weighted by molar-refractivity contribution is 0.383. The van der Waals surface area contributed by atoms with E-state index in [4.69, 9.17) is 9.97 Å². The van der Waals surface area contributed by atoms with Gasteiger partial charge in [-0.15, -0.1) is 0 Å². The summed E-state index contributed by atoms with van der Waals surface area (Å²) in [4.78, 5) is 14.0. The van der Waals surface area contributed by atoms with Crippen LogP contribution in [0.3, 0.4) is 0 Å². The van der Waals surface area contributed by atoms with Gasteiger partial charge in [0.15, 0.2) is 0 Å². The topological polar surface area (TPSA) is 38.7 Å². The summed E-state index contributed by atoms with van der Waals surface area (Å²) in [6, 6.07) is 26.1. The zero-order valence-corrected chi connectivity index (χ0v) is 82.1. The van der Waals surface area contributed by atoms with Gasteiger partial charge in [-0.1, -0.05) is 292 Å². The van der Waals surface area contributed by atoms with Crippen molar-refractivity contribution < 1.29 is 13.2 Å². The monoisotopic (exact) mass is 1580 g/mol. The smallest absolute Gasteiger partial charge is 0.145 e. The average Bonchev–Trinajstić information content (AvgIpc) is 0.807. The van der Waals surface area contributed by atoms with Crippen LogP contribution in [0, 0.1) is 38.2 Å². The zero-order valence-electron chi connectivity index (χ0n) is 82.1. The number of hydrogen-bond donors (Lipinski definition) is 0. The first-order valence-electron chi connectivity index (χ1n) is 46.5. The number of aryl methyl sites for hydroxylation is 3. The first-order chi connectivity index (χ1) is 53.2. The third-order valence-electron chi connectivity index (χ3n) is 32.8. The highest BCUT2D eigenvalue weighted by atomic mass is 19.1. The van der Waals surface area contributed by atoms with E-state index in [9.17, 15) is 13.2 Å². The van der Waals surface area contributed by atoms with Crippen LogP contribution < -0.4 is 0 Å². The fraction of sp³-hybridized carbons (Fsp3) is 0.694. The molecule has 0 bridgehead atoms. The molecule has 648 valence electrons. The molecule has 0 aliphatic rings. The van der Waals surface area contributed by atoms with Crippen LogP contribution in [-0.4, -0.2) is 15.0 Å². The van der Waals surface area contributed by atoms with Crippen molar-refractivity contribution in [2.45, 2.75) is 489 Å². The highest BCUT2D eigenvalue weighted by Crippen LogP contribution is 2.44. The predicted octanol–water partition coefficient (Wildman–Crippen LogP) is 34.6. The summed E-state index contributed by atoms with van der Waals surface area (Å²) >= 11 is 0. The Morgan fingerprint density at radius 1 is 0.211 bits per heavy atom. The molecule has 6 aromatic rings. The maximum Gasteiger partial charge on any atom is 0.145 e. The normalized spacial score (nSPS) is 12.8. The van der Waals surface area contributed by atoms with Gasteiger partial charge in [0.25, 0.3) is 0 Å². The summed E-state index contributed by atoms with van der Waals surface area (Å²) in [5.41, 5.74) is 20.0. The maximum absolute atomic E-state index is 14.5. The first-order valence-corrected chi connectivity index (χ1v) is 46.5. The van der Waals surface area contributed by atoms with Crippen molar-refractivity contribution in [1.82, 2.24) is 15.0 Å². The maximum atomic E-state index is 14.5. The van der Waals surface area contributed by atoms with E-state index in [1.807, 2.05) is 27.0 Å². The van der Waals surface area contributed by atoms with E-state index in [0.29, 0.717) is 27.4 Å². The highest BCUT2D eigenvalue weighted by molar-refractivity contribution is 5.42. The largest absolute Gasteiger partial charge is 0.260 e. The second kappa shape index (κ2) is 46.5. The highest BCUT2D eigenvalue weighted by Gasteiger charge is 2.36. The fourth-order valence-corrected chi connectivity index (χ4v) is 16.4. The van der Waals surface area contributed by atoms with Crippen molar-refractivity contribution >= 4 is 0 Å². The lowest BCUT2D eigenvalue weighted by Crippen LogP contribution is -2.26. The number of nitrogens with zero attached hydrogens (tertiary/aromatic N) is 3. The van der Waals surface area contributed by atoms with Gasteiger partial charge in [0.2, 0.25) is 0 Å². The molecule has 0 atom stereocenters. The SMILES string of the molecule is CCC(C)(CC)c1cc(C)c(C(C)(CC)CC)cn1.CCC(C)(CC)c1cc(F)c(C(C)(CC)CC)c(F)c1.CCC(C)(CC)c1ccc(C(C)(CC)CC)c(C)c1.CCC(C)(CC)c1ccc(C(C)(CC)CC)c(C)c1.CCC(C)(CC)c1ccc(C(C)(CC)CC)nc1.CCC(C)(CC)c1cnc(C(C)(CC)CC)c(F)c1. The molecule has 0 aliphatic heterocycles. The molecule has 0 saturated heterocycles. The average molecular weight is 1580 g/mol. The summed E-state index contributed by atoms with van der Waals surface area (Å²) in [7, 11) is 0. The molecular formula is C108H180F3N3. The van der Waals surface area contributed by atoms with Gasteiger partial charge in [0.1, 0.15) is 17.5 Å². The second-order valence-corrected chi connectivity index (χ2v) is 38.0. The number of benzene rings is 3. The number of pyridine rings is 3. The number of rotatable bonds is 36. The summed E-state index contributed by atoms with van der Waals surface area (Å²) in [6.45, 7) is 87.1. The molecule has 6 heteroatoms. The Bertz CT molecular complexity index is 3340. The molecule has 3 aromatic carbocycles. The molecule has 3 heterocycles. The number of hydrogen-bond acceptors (Lipinski definition) is 3. The van der Waals surface area contributed by atoms with Gasteiger partial charge in [-0.3, -0.25) is 15.0 Å². The van der Waals surface area contributed by atoms with Gasteiger partial charge in [-0.2, -0.15) is 0 Å². The van der Waals surface area contributed by atoms with Crippen molar-refractivity contribution in [3.8, 4) is 0 Å². The Morgan fingerprint density at radius 3 is 0.754 bits per heavy atom. The summed E-state index contributed by atoms with van der Waals surface area (Å²) in [5.74, 6) is -0.921. The van der Waals surface area contributed by atoms with Gasteiger partial charge >= 0.3 is 0 Å². The Kier molecular flexibility index (Phi) is 43.6. The Balaban J connectivity index is 0.000000684. The minimum Gasteiger partial charge on any atom is -0.260 e. The molecular weight excluding hydrogens is 1400 g/mol. The third kappa shape index (κ3) is 25.5. The van der Waals surface area contributed by atoms with Gasteiger partial charge in [-0.05, 0) is 315 Å². The quantitative estimate of drug-likeness (QED) is 0.0393. The van der Waals surface area contributed by atoms with Crippen LogP contribution in [0.15, 0.2) is 91.4 Å². The van der Waals surface area contributed by atoms with Gasteiger partial charge < -0.3 is 0 Å². The van der Waals surface area contributed by atoms with Crippen LogP contribution in [0.1, 0.15) is 487 Å². The lowest BCUT2D eigenvalue weighted by atomic mass is 9.72. The molecule has 0 radical (unpaired) electrons. The molecule has 0 aliphatic carbocycles. The third-order valence-corrected chi connectivity index (χ3v) is 32.8. The van der Waals surface area contributed by atoms with Crippen molar-refractivity contribution in [2.75, 3.05) is 0 Å². The van der Waals surface area contributed by atoms with Crippen LogP contribution in [0.2, 0.25) is 0 Å². The Labute approximate surface area is 705 Å². The van der Waals surface area contributed by atoms with E-state index in [-0.39, 0.29) is 60.9 Å². The van der Waals surface area contributed by atoms with E-state index < -0.39 is 5.41 Å². The standard InChI is InChI=1S/2C19H32.C18H28F2.C18H31N.C17H28FN.C17H29N/c2*1-8-18(6,9-2)16-12-13-17(15(5)14-16)19(7,10-3)11-4;1-7-17(5,8-2)13-11-14(19)16(15(20)12-13)18(6,9-3)10-4;1-8-17(6,9-2)15-13-19-16(12-14(15)5)18(7,10-3)11-4;1-7-16(5,8-2)13-11-14(18)15(19-12-13)17(6,9-3)10-4;1-7-16(5,8-2)14-11-12-15(18-13-14)17(6,9-3)10-4/h2*12-14H,8-11H2,1-7H3;11-12H,7-10H2,1-6H3;12-13H,8-11H2,1-7H3;11-12H,7-10H2,1-6H3;11-13H,7-10H2,1-6H3. The Morgan fingerprint density at radius 2 is 0.465 bits per heavy atom. The lowest BCUT2D eigenvalue weighted by Gasteiger charge is -2.32. The first kappa shape index (κ1) is 107. The molecule has 0 saturated carbocycles. The zero-order chi connectivity index (χ0) is 88.1. The van der Waals surface area contributed by atoms with Gasteiger partial charge in [0, 0.05) is 51.8 Å². The molecule has 0 fully saturated rings. The molecule has 0 N–H and O–H groups in total. The second-order valence-electron chi connectivity index (χ2n) is 38.0. The molecule has 6 rings (SSSR count). The van der Waals surface area contributed by atoms with Crippen LogP contribution in [0.4, 0.5) is 13.2 Å². The summed E-state index contributed by atoms with van der Waals surface area (Å²) < 4.78 is 43.5. The fourth-order valence-electron chi connectivity index (χ4n) is 16.4. The molecule has 0 spiro atoms. The van der Waals surface area contributed by atoms with Crippen LogP contribution in [0.5, 0.6) is 0 Å². The molecule has 3 aromatic heterocycles. The predicted molar refractivity (Wildman–Crippen MR) is 501 cm³/mol. The van der Waals surface area contributed by atoms with E-state index >= 15 is 0 Å². The van der Waals surface area contributed by atoms with Crippen LogP contribution in [-0.2, 0) is 65.0 Å². The Hall–Kier alpha value is -5.10. The van der Waals surface area contributed by atoms with E-state index in [2.05, 4.69) is 321 Å². The van der Waals surface area contributed by atoms with Crippen LogP contribution in [0.25, 0.3) is 0 Å². The van der Waals surface area contributed by atoms with Crippen molar-refractivity contribution in [3.05, 3.63) is 193 Å². The molecule has 114 heavy (non-hydrogen) atoms. The molecule has 3 nitrogen and oxygen atoms in total. The van der Waals surface area contributed by atoms with Gasteiger partial charge in [-0.25, -0.2) is 13.2 Å². The van der Waals surface area contributed by atoms with E-state index in [1.165, 1.54) is 139 Å². The van der Waals surface area contributed by atoms with E-state index in [0.717, 1.165) is 88.2 Å². The minimum atomic E-state index is -0.429. The molecule has 0 amide bonds. The van der Waals surface area contributed by atoms with E-state index in [1.54, 1.807) is 18.2 Å². The summed E-state index contributed by atoms with van der Waals surface area (Å²) in [6.07, 6.45) is 32.1. The van der Waals surface area contributed by atoms with Crippen LogP contribution >= 0.6 is 0 Å². The number of aromatic nitrogens is 3. The van der Waals surface area contributed by atoms with Crippen molar-refractivity contribution in [2.24, 2.45) is 0 Å². The van der Waals surface area contributed by atoms with Crippen molar-refractivity contribution in [1.29, 1.82) is 0 Å². The number of halogens is 3. The minimum absolute atomic E-state index is 0.0290. The van der Waals surface area contributed by atoms with Gasteiger partial charge in [0.05, 0.1) is 5.69 Å². The summed E-state index contributed by atoms with van der Waals surface area (Å²) in [5, 5.41) is 0. The van der Waals surface area contributed by atoms with Crippen molar-refractivity contribution in [3.63, 3.8) is 0 Å².